The lowest BCUT2D eigenvalue weighted by Gasteiger charge is -2.35. The zero-order valence-corrected chi connectivity index (χ0v) is 14.5. The number of carbonyl (C=O) groups is 1. The average Bonchev–Trinajstić information content (AvgIpc) is 3.27. The van der Waals surface area contributed by atoms with Crippen LogP contribution in [0.2, 0.25) is 0 Å². The maximum absolute atomic E-state index is 11.9. The van der Waals surface area contributed by atoms with Crippen molar-refractivity contribution in [1.82, 2.24) is 14.7 Å². The number of rotatable bonds is 6. The smallest absolute Gasteiger partial charge is 0.412 e. The molecule has 1 aliphatic carbocycles. The Kier molecular flexibility index (Phi) is 4.82. The van der Waals surface area contributed by atoms with Gasteiger partial charge in [-0.2, -0.15) is 8.42 Å². The molecular weight excluding hydrogens is 322 g/mol. The first-order chi connectivity index (χ1) is 10.8. The van der Waals surface area contributed by atoms with E-state index in [9.17, 15) is 13.2 Å². The first kappa shape index (κ1) is 16.9. The van der Waals surface area contributed by atoms with Crippen molar-refractivity contribution in [2.75, 3.05) is 45.5 Å². The monoisotopic (exact) mass is 347 g/mol. The number of nitrogens with zero attached hydrogens (tertiary/aromatic N) is 3. The first-order valence-electron chi connectivity index (χ1n) is 8.15. The molecule has 0 radical (unpaired) electrons. The minimum absolute atomic E-state index is 0.412. The SMILES string of the molecule is CC1C(OS(C)(=O)=O)OC(=O)N1CCN1CCN(C2CC2)CC1. The Morgan fingerprint density at radius 1 is 1.17 bits per heavy atom. The van der Waals surface area contributed by atoms with Gasteiger partial charge >= 0.3 is 6.09 Å². The van der Waals surface area contributed by atoms with Gasteiger partial charge in [0.2, 0.25) is 6.29 Å². The van der Waals surface area contributed by atoms with Crippen molar-refractivity contribution in [3.8, 4) is 0 Å². The molecule has 0 aromatic rings. The molecule has 0 spiro atoms. The van der Waals surface area contributed by atoms with Crippen LogP contribution < -0.4 is 0 Å². The molecule has 23 heavy (non-hydrogen) atoms. The van der Waals surface area contributed by atoms with Crippen LogP contribution in [-0.4, -0.2) is 93.1 Å². The van der Waals surface area contributed by atoms with Crippen LogP contribution >= 0.6 is 0 Å². The zero-order valence-electron chi connectivity index (χ0n) is 13.7. The molecule has 1 amide bonds. The lowest BCUT2D eigenvalue weighted by atomic mass is 10.2. The summed E-state index contributed by atoms with van der Waals surface area (Å²) in [6, 6.07) is 0.393. The van der Waals surface area contributed by atoms with E-state index in [0.29, 0.717) is 6.54 Å². The molecule has 0 bridgehead atoms. The van der Waals surface area contributed by atoms with Crippen LogP contribution in [0.25, 0.3) is 0 Å². The number of carbonyl (C=O) groups excluding carboxylic acids is 1. The van der Waals surface area contributed by atoms with Gasteiger partial charge in [-0.25, -0.2) is 8.98 Å². The normalized spacial score (nSPS) is 30.7. The Morgan fingerprint density at radius 3 is 2.39 bits per heavy atom. The number of hydrogen-bond acceptors (Lipinski definition) is 7. The van der Waals surface area contributed by atoms with E-state index in [-0.39, 0.29) is 0 Å². The molecule has 2 saturated heterocycles. The highest BCUT2D eigenvalue weighted by Gasteiger charge is 2.41. The van der Waals surface area contributed by atoms with Crippen LogP contribution in [0.1, 0.15) is 19.8 Å². The van der Waals surface area contributed by atoms with Gasteiger partial charge in [-0.3, -0.25) is 14.7 Å². The van der Waals surface area contributed by atoms with Crippen LogP contribution in [-0.2, 0) is 19.0 Å². The number of amides is 1. The van der Waals surface area contributed by atoms with Gasteiger partial charge in [0, 0.05) is 45.3 Å². The van der Waals surface area contributed by atoms with Crippen LogP contribution in [0.15, 0.2) is 0 Å². The van der Waals surface area contributed by atoms with Crippen LogP contribution in [0, 0.1) is 0 Å². The molecule has 2 atom stereocenters. The fraction of sp³-hybridized carbons (Fsp3) is 0.929. The number of cyclic esters (lactones) is 1. The summed E-state index contributed by atoms with van der Waals surface area (Å²) in [6.07, 6.45) is 2.06. The Morgan fingerprint density at radius 2 is 1.83 bits per heavy atom. The molecule has 3 fully saturated rings. The Labute approximate surface area is 137 Å². The summed E-state index contributed by atoms with van der Waals surface area (Å²) in [5.74, 6) is 0. The summed E-state index contributed by atoms with van der Waals surface area (Å²) < 4.78 is 32.2. The van der Waals surface area contributed by atoms with Crippen LogP contribution in [0.3, 0.4) is 0 Å². The lowest BCUT2D eigenvalue weighted by Crippen LogP contribution is -2.49. The summed E-state index contributed by atoms with van der Waals surface area (Å²) in [6.45, 7) is 7.23. The van der Waals surface area contributed by atoms with Gasteiger partial charge in [0.25, 0.3) is 10.1 Å². The van der Waals surface area contributed by atoms with E-state index >= 15 is 0 Å². The third kappa shape index (κ3) is 4.34. The summed E-state index contributed by atoms with van der Waals surface area (Å²) in [5.41, 5.74) is 0. The molecular formula is C14H25N3O5S. The van der Waals surface area contributed by atoms with Crippen molar-refractivity contribution in [2.45, 2.75) is 38.1 Å². The van der Waals surface area contributed by atoms with Crippen molar-refractivity contribution >= 4 is 16.2 Å². The Hall–Kier alpha value is -0.900. The molecule has 132 valence electrons. The molecule has 3 rings (SSSR count). The maximum atomic E-state index is 11.9. The molecule has 2 heterocycles. The van der Waals surface area contributed by atoms with Gasteiger partial charge in [0.05, 0.1) is 12.3 Å². The predicted molar refractivity (Wildman–Crippen MR) is 83.4 cm³/mol. The van der Waals surface area contributed by atoms with Crippen molar-refractivity contribution in [1.29, 1.82) is 0 Å². The number of ether oxygens (including phenoxy) is 1. The Balaban J connectivity index is 1.45. The summed E-state index contributed by atoms with van der Waals surface area (Å²) in [5, 5.41) is 0. The van der Waals surface area contributed by atoms with Crippen molar-refractivity contribution < 1.29 is 22.1 Å². The van der Waals surface area contributed by atoms with E-state index in [0.717, 1.165) is 45.0 Å². The number of hydrogen-bond donors (Lipinski definition) is 0. The van der Waals surface area contributed by atoms with Crippen LogP contribution in [0.5, 0.6) is 0 Å². The maximum Gasteiger partial charge on any atom is 0.412 e. The minimum Gasteiger partial charge on any atom is -0.416 e. The topological polar surface area (TPSA) is 79.4 Å². The first-order valence-corrected chi connectivity index (χ1v) is 9.97. The Bertz CT molecular complexity index is 543. The lowest BCUT2D eigenvalue weighted by molar-refractivity contribution is -0.00762. The van der Waals surface area contributed by atoms with E-state index in [1.54, 1.807) is 11.8 Å². The minimum atomic E-state index is -3.65. The fourth-order valence-electron chi connectivity index (χ4n) is 3.19. The van der Waals surface area contributed by atoms with Crippen LogP contribution in [0.4, 0.5) is 4.79 Å². The largest absolute Gasteiger partial charge is 0.416 e. The standard InChI is InChI=1S/C14H25N3O5S/c1-11-13(22-23(2,19)20)21-14(18)17(11)10-7-15-5-8-16(9-6-15)12-3-4-12/h11-13H,3-10H2,1-2H3. The highest BCUT2D eigenvalue weighted by atomic mass is 32.2. The van der Waals surface area contributed by atoms with Gasteiger partial charge in [-0.15, -0.1) is 0 Å². The third-order valence-electron chi connectivity index (χ3n) is 4.73. The molecule has 3 aliphatic rings. The van der Waals surface area contributed by atoms with E-state index in [2.05, 4.69) is 9.80 Å². The van der Waals surface area contributed by atoms with E-state index < -0.39 is 28.5 Å². The van der Waals surface area contributed by atoms with Gasteiger partial charge in [-0.05, 0) is 19.8 Å². The van der Waals surface area contributed by atoms with E-state index in [1.807, 2.05) is 0 Å². The third-order valence-corrected chi connectivity index (χ3v) is 5.27. The highest BCUT2D eigenvalue weighted by Crippen LogP contribution is 2.27. The predicted octanol–water partition coefficient (Wildman–Crippen LogP) is -0.0906. The van der Waals surface area contributed by atoms with Crippen molar-refractivity contribution in [3.05, 3.63) is 0 Å². The van der Waals surface area contributed by atoms with Gasteiger partial charge < -0.3 is 4.74 Å². The summed E-state index contributed by atoms with van der Waals surface area (Å²) in [4.78, 5) is 18.3. The second-order valence-corrected chi connectivity index (χ2v) is 8.20. The molecule has 0 aromatic heterocycles. The van der Waals surface area contributed by atoms with E-state index in [1.165, 1.54) is 12.8 Å². The average molecular weight is 347 g/mol. The number of piperazine rings is 1. The fourth-order valence-corrected chi connectivity index (χ4v) is 3.73. The summed E-state index contributed by atoms with van der Waals surface area (Å²) in [7, 11) is -3.65. The molecule has 8 nitrogen and oxygen atoms in total. The molecule has 0 aromatic carbocycles. The quantitative estimate of drug-likeness (QED) is 0.621. The van der Waals surface area contributed by atoms with Crippen molar-refractivity contribution in [3.63, 3.8) is 0 Å². The van der Waals surface area contributed by atoms with E-state index in [4.69, 9.17) is 8.92 Å². The second kappa shape index (κ2) is 6.54. The molecule has 2 unspecified atom stereocenters. The molecule has 1 saturated carbocycles. The van der Waals surface area contributed by atoms with Crippen molar-refractivity contribution in [2.24, 2.45) is 0 Å². The molecule has 9 heteroatoms. The molecule has 0 N–H and O–H groups in total. The highest BCUT2D eigenvalue weighted by molar-refractivity contribution is 7.86. The second-order valence-electron chi connectivity index (χ2n) is 6.60. The summed E-state index contributed by atoms with van der Waals surface area (Å²) >= 11 is 0. The van der Waals surface area contributed by atoms with Gasteiger partial charge in [-0.1, -0.05) is 0 Å². The van der Waals surface area contributed by atoms with Gasteiger partial charge in [0.15, 0.2) is 0 Å². The molecule has 2 aliphatic heterocycles. The van der Waals surface area contributed by atoms with Gasteiger partial charge in [0.1, 0.15) is 0 Å². The zero-order chi connectivity index (χ0) is 16.6.